The number of aromatic nitrogens is 3. The second-order valence-corrected chi connectivity index (χ2v) is 3.54. The zero-order valence-corrected chi connectivity index (χ0v) is 9.28. The molecule has 1 aromatic carbocycles. The van der Waals surface area contributed by atoms with Gasteiger partial charge < -0.3 is 0 Å². The highest BCUT2D eigenvalue weighted by Gasteiger charge is 2.04. The van der Waals surface area contributed by atoms with Gasteiger partial charge in [0.2, 0.25) is 0 Å². The Balaban J connectivity index is 2.44. The first-order valence-electron chi connectivity index (χ1n) is 4.90. The number of para-hydroxylation sites is 1. The van der Waals surface area contributed by atoms with Gasteiger partial charge in [0.15, 0.2) is 0 Å². The Hall–Kier alpha value is -1.35. The van der Waals surface area contributed by atoms with Gasteiger partial charge in [0.1, 0.15) is 0 Å². The summed E-state index contributed by atoms with van der Waals surface area (Å²) >= 11 is 5.69. The lowest BCUT2D eigenvalue weighted by Gasteiger charge is -2.05. The van der Waals surface area contributed by atoms with E-state index in [0.29, 0.717) is 5.88 Å². The van der Waals surface area contributed by atoms with Crippen LogP contribution in [0.4, 0.5) is 0 Å². The summed E-state index contributed by atoms with van der Waals surface area (Å²) in [5, 5.41) is 8.02. The maximum atomic E-state index is 5.69. The highest BCUT2D eigenvalue weighted by Crippen LogP contribution is 2.14. The fraction of sp³-hybridized carbons (Fsp3) is 0.273. The molecule has 2 rings (SSSR count). The van der Waals surface area contributed by atoms with Crippen molar-refractivity contribution in [2.45, 2.75) is 19.2 Å². The predicted molar refractivity (Wildman–Crippen MR) is 60.3 cm³/mol. The summed E-state index contributed by atoms with van der Waals surface area (Å²) in [6.45, 7) is 2.12. The van der Waals surface area contributed by atoms with Crippen LogP contribution in [0.2, 0.25) is 0 Å². The number of nitrogens with zero attached hydrogens (tertiary/aromatic N) is 3. The average molecular weight is 222 g/mol. The molecule has 0 amide bonds. The molecule has 4 heteroatoms. The van der Waals surface area contributed by atoms with Gasteiger partial charge in [-0.3, -0.25) is 0 Å². The molecule has 3 nitrogen and oxygen atoms in total. The highest BCUT2D eigenvalue weighted by molar-refractivity contribution is 6.16. The fourth-order valence-electron chi connectivity index (χ4n) is 1.51. The first-order chi connectivity index (χ1) is 7.35. The Morgan fingerprint density at radius 1 is 1.33 bits per heavy atom. The molecule has 0 atom stereocenters. The van der Waals surface area contributed by atoms with E-state index in [2.05, 4.69) is 23.3 Å². The third-order valence-electron chi connectivity index (χ3n) is 2.30. The van der Waals surface area contributed by atoms with Gasteiger partial charge in [0.25, 0.3) is 0 Å². The molecule has 0 radical (unpaired) electrons. The first-order valence-corrected chi connectivity index (χ1v) is 5.44. The minimum atomic E-state index is 0.397. The van der Waals surface area contributed by atoms with Crippen molar-refractivity contribution in [1.82, 2.24) is 15.0 Å². The smallest absolute Gasteiger partial charge is 0.0979 e. The van der Waals surface area contributed by atoms with Crippen molar-refractivity contribution in [3.05, 3.63) is 41.7 Å². The second-order valence-electron chi connectivity index (χ2n) is 3.27. The Labute approximate surface area is 93.7 Å². The van der Waals surface area contributed by atoms with Crippen LogP contribution in [-0.4, -0.2) is 15.0 Å². The van der Waals surface area contributed by atoms with Crippen molar-refractivity contribution in [3.63, 3.8) is 0 Å². The van der Waals surface area contributed by atoms with Crippen molar-refractivity contribution < 1.29 is 0 Å². The summed E-state index contributed by atoms with van der Waals surface area (Å²) in [6, 6.07) is 8.15. The molecule has 15 heavy (non-hydrogen) atoms. The van der Waals surface area contributed by atoms with E-state index in [4.69, 9.17) is 11.6 Å². The lowest BCUT2D eigenvalue weighted by Crippen LogP contribution is -1.99. The Kier molecular flexibility index (Phi) is 3.02. The second kappa shape index (κ2) is 4.45. The molecule has 78 valence electrons. The van der Waals surface area contributed by atoms with Crippen LogP contribution in [0.5, 0.6) is 0 Å². The van der Waals surface area contributed by atoms with Crippen molar-refractivity contribution in [1.29, 1.82) is 0 Å². The van der Waals surface area contributed by atoms with Crippen molar-refractivity contribution >= 4 is 11.6 Å². The van der Waals surface area contributed by atoms with E-state index in [0.717, 1.165) is 17.8 Å². The van der Waals surface area contributed by atoms with Gasteiger partial charge in [-0.1, -0.05) is 30.3 Å². The van der Waals surface area contributed by atoms with E-state index < -0.39 is 0 Å². The summed E-state index contributed by atoms with van der Waals surface area (Å²) in [7, 11) is 0. The zero-order valence-electron chi connectivity index (χ0n) is 8.52. The molecule has 0 aliphatic carbocycles. The molecule has 0 aliphatic heterocycles. The van der Waals surface area contributed by atoms with Gasteiger partial charge in [0, 0.05) is 0 Å². The number of benzene rings is 1. The molecular weight excluding hydrogens is 210 g/mol. The van der Waals surface area contributed by atoms with Crippen LogP contribution < -0.4 is 0 Å². The monoisotopic (exact) mass is 221 g/mol. The van der Waals surface area contributed by atoms with Crippen LogP contribution in [0.1, 0.15) is 18.2 Å². The van der Waals surface area contributed by atoms with E-state index in [1.54, 1.807) is 4.68 Å². The SMILES string of the molecule is CCc1ccccc1-n1cc(CCl)nn1. The normalized spacial score (nSPS) is 10.5. The summed E-state index contributed by atoms with van der Waals surface area (Å²) < 4.78 is 1.77. The fourth-order valence-corrected chi connectivity index (χ4v) is 1.63. The molecule has 2 aromatic rings. The molecule has 0 saturated carbocycles. The van der Waals surface area contributed by atoms with Crippen LogP contribution in [0.15, 0.2) is 30.5 Å². The quantitative estimate of drug-likeness (QED) is 0.746. The molecule has 0 bridgehead atoms. The topological polar surface area (TPSA) is 30.7 Å². The van der Waals surface area contributed by atoms with Crippen LogP contribution in [0.25, 0.3) is 5.69 Å². The van der Waals surface area contributed by atoms with Crippen molar-refractivity contribution in [2.24, 2.45) is 0 Å². The van der Waals surface area contributed by atoms with Crippen LogP contribution in [0.3, 0.4) is 0 Å². The maximum absolute atomic E-state index is 5.69. The van der Waals surface area contributed by atoms with Gasteiger partial charge >= 0.3 is 0 Å². The summed E-state index contributed by atoms with van der Waals surface area (Å²) in [5.41, 5.74) is 3.12. The van der Waals surface area contributed by atoms with E-state index >= 15 is 0 Å². The summed E-state index contributed by atoms with van der Waals surface area (Å²) in [4.78, 5) is 0. The van der Waals surface area contributed by atoms with Crippen LogP contribution in [-0.2, 0) is 12.3 Å². The molecular formula is C11H12ClN3. The number of hydrogen-bond donors (Lipinski definition) is 0. The van der Waals surface area contributed by atoms with Gasteiger partial charge in [-0.15, -0.1) is 16.7 Å². The van der Waals surface area contributed by atoms with Gasteiger partial charge in [0.05, 0.1) is 23.5 Å². The summed E-state index contributed by atoms with van der Waals surface area (Å²) in [5.74, 6) is 0.397. The molecule has 0 unspecified atom stereocenters. The number of alkyl halides is 1. The van der Waals surface area contributed by atoms with E-state index in [-0.39, 0.29) is 0 Å². The van der Waals surface area contributed by atoms with E-state index in [1.807, 2.05) is 24.4 Å². The summed E-state index contributed by atoms with van der Waals surface area (Å²) in [6.07, 6.45) is 2.84. The lowest BCUT2D eigenvalue weighted by atomic mass is 10.1. The van der Waals surface area contributed by atoms with E-state index in [9.17, 15) is 0 Å². The largest absolute Gasteiger partial charge is 0.220 e. The molecule has 0 fully saturated rings. The lowest BCUT2D eigenvalue weighted by molar-refractivity contribution is 0.791. The standard InChI is InChI=1S/C11H12ClN3/c1-2-9-5-3-4-6-11(9)15-8-10(7-12)13-14-15/h3-6,8H,2,7H2,1H3. The van der Waals surface area contributed by atoms with E-state index in [1.165, 1.54) is 5.56 Å². The maximum Gasteiger partial charge on any atom is 0.0979 e. The minimum absolute atomic E-state index is 0.397. The third kappa shape index (κ3) is 2.02. The van der Waals surface area contributed by atoms with Gasteiger partial charge in [-0.05, 0) is 18.1 Å². The Bertz CT molecular complexity index is 451. The third-order valence-corrected chi connectivity index (χ3v) is 2.57. The molecule has 1 heterocycles. The van der Waals surface area contributed by atoms with Crippen LogP contribution in [0, 0.1) is 0 Å². The van der Waals surface area contributed by atoms with Crippen molar-refractivity contribution in [2.75, 3.05) is 0 Å². The molecule has 0 saturated heterocycles. The number of hydrogen-bond acceptors (Lipinski definition) is 2. The van der Waals surface area contributed by atoms with Crippen LogP contribution >= 0.6 is 11.6 Å². The number of halogens is 1. The van der Waals surface area contributed by atoms with Crippen molar-refractivity contribution in [3.8, 4) is 5.69 Å². The predicted octanol–water partition coefficient (Wildman–Crippen LogP) is 2.57. The van der Waals surface area contributed by atoms with Gasteiger partial charge in [-0.25, -0.2) is 4.68 Å². The van der Waals surface area contributed by atoms with Gasteiger partial charge in [-0.2, -0.15) is 0 Å². The Morgan fingerprint density at radius 2 is 2.13 bits per heavy atom. The minimum Gasteiger partial charge on any atom is -0.220 e. The molecule has 0 aliphatic rings. The molecule has 0 spiro atoms. The zero-order chi connectivity index (χ0) is 10.7. The molecule has 0 N–H and O–H groups in total. The highest BCUT2D eigenvalue weighted by atomic mass is 35.5. The average Bonchev–Trinajstić information content (AvgIpc) is 2.77. The molecule has 1 aromatic heterocycles. The number of rotatable bonds is 3. The number of aryl methyl sites for hydroxylation is 1. The Morgan fingerprint density at radius 3 is 2.80 bits per heavy atom. The first kappa shape index (κ1) is 10.2.